The molecule has 112 valence electrons. The molecule has 0 unspecified atom stereocenters. The fourth-order valence-corrected chi connectivity index (χ4v) is 3.72. The van der Waals surface area contributed by atoms with Crippen molar-refractivity contribution >= 4 is 10.9 Å². The minimum atomic E-state index is 0.358. The molecule has 0 aromatic heterocycles. The molecule has 2 rings (SSSR count). The lowest BCUT2D eigenvalue weighted by atomic mass is 10.0. The van der Waals surface area contributed by atoms with Crippen LogP contribution >= 0.6 is 0 Å². The van der Waals surface area contributed by atoms with E-state index in [2.05, 4.69) is 42.8 Å². The van der Waals surface area contributed by atoms with Gasteiger partial charge in [-0.25, -0.2) is 0 Å². The van der Waals surface area contributed by atoms with Gasteiger partial charge in [0.1, 0.15) is 5.75 Å². The molecule has 0 spiro atoms. The van der Waals surface area contributed by atoms with Crippen molar-refractivity contribution in [2.75, 3.05) is 17.3 Å². The summed E-state index contributed by atoms with van der Waals surface area (Å²) in [7, 11) is 0.358. The molecule has 0 radical (unpaired) electrons. The topological polar surface area (TPSA) is 0 Å². The quantitative estimate of drug-likeness (QED) is 0.526. The summed E-state index contributed by atoms with van der Waals surface area (Å²) in [6.45, 7) is 2.27. The maximum atomic E-state index is 3.41. The first-order valence-corrected chi connectivity index (χ1v) is 10.1. The lowest BCUT2D eigenvalue weighted by Crippen LogP contribution is -2.12. The van der Waals surface area contributed by atoms with Crippen molar-refractivity contribution in [3.63, 3.8) is 0 Å². The summed E-state index contributed by atoms with van der Waals surface area (Å²) >= 11 is 0. The predicted molar refractivity (Wildman–Crippen MR) is 96.3 cm³/mol. The van der Waals surface area contributed by atoms with Crippen molar-refractivity contribution in [3.05, 3.63) is 23.3 Å². The third kappa shape index (κ3) is 6.50. The molecule has 0 aliphatic heterocycles. The van der Waals surface area contributed by atoms with Gasteiger partial charge in [-0.2, -0.15) is 0 Å². The molecule has 0 fully saturated rings. The largest absolute Gasteiger partial charge is 0.169 e. The van der Waals surface area contributed by atoms with Gasteiger partial charge < -0.3 is 0 Å². The molecule has 0 saturated heterocycles. The Balaban J connectivity index is 1.78. The lowest BCUT2D eigenvalue weighted by Gasteiger charge is -2.06. The van der Waals surface area contributed by atoms with Crippen LogP contribution in [-0.4, -0.2) is 17.3 Å². The number of hydrogen-bond acceptors (Lipinski definition) is 0. The van der Waals surface area contributed by atoms with E-state index in [1.54, 1.807) is 0 Å². The van der Waals surface area contributed by atoms with E-state index in [1.165, 1.54) is 68.3 Å². The summed E-state index contributed by atoms with van der Waals surface area (Å²) in [5, 5.41) is 0. The van der Waals surface area contributed by atoms with Gasteiger partial charge in [0.15, 0.2) is 11.5 Å². The normalized spacial score (nSPS) is 18.0. The van der Waals surface area contributed by atoms with Crippen LogP contribution in [-0.2, 0) is 10.9 Å². The Kier molecular flexibility index (Phi) is 7.62. The Morgan fingerprint density at radius 2 is 1.38 bits per heavy atom. The van der Waals surface area contributed by atoms with E-state index in [1.807, 2.05) is 0 Å². The minimum absolute atomic E-state index is 0.358. The molecular weight excluding hydrogens is 272 g/mol. The second-order valence-electron chi connectivity index (χ2n) is 5.74. The zero-order valence-corrected chi connectivity index (χ0v) is 14.2. The smallest absolute Gasteiger partial charge is 0.0729 e. The summed E-state index contributed by atoms with van der Waals surface area (Å²) in [5.74, 6) is 16.9. The second kappa shape index (κ2) is 9.81. The highest BCUT2D eigenvalue weighted by molar-refractivity contribution is 7.97. The molecule has 0 nitrogen and oxygen atoms in total. The van der Waals surface area contributed by atoms with E-state index in [0.717, 1.165) is 11.5 Å². The molecule has 0 saturated carbocycles. The van der Waals surface area contributed by atoms with Gasteiger partial charge in [0.25, 0.3) is 0 Å². The van der Waals surface area contributed by atoms with Crippen LogP contribution in [0.1, 0.15) is 58.3 Å². The molecule has 21 heavy (non-hydrogen) atoms. The van der Waals surface area contributed by atoms with Crippen LogP contribution in [0, 0.1) is 23.7 Å². The Labute approximate surface area is 133 Å². The average Bonchev–Trinajstić information content (AvgIpc) is 2.55. The van der Waals surface area contributed by atoms with Crippen LogP contribution in [0.25, 0.3) is 0 Å². The van der Waals surface area contributed by atoms with Gasteiger partial charge in [-0.3, -0.25) is 0 Å². The maximum Gasteiger partial charge on any atom is 0.169 e. The van der Waals surface area contributed by atoms with Crippen molar-refractivity contribution in [2.45, 2.75) is 58.3 Å². The van der Waals surface area contributed by atoms with Gasteiger partial charge in [-0.05, 0) is 81.3 Å². The molecule has 0 aromatic rings. The summed E-state index contributed by atoms with van der Waals surface area (Å²) < 4.78 is 0. The lowest BCUT2D eigenvalue weighted by molar-refractivity contribution is 0.715. The maximum absolute atomic E-state index is 3.41. The molecule has 0 atom stereocenters. The summed E-state index contributed by atoms with van der Waals surface area (Å²) in [6.07, 6.45) is 14.8. The Hall–Kier alpha value is -1.05. The Bertz CT molecular complexity index is 455. The molecule has 2 aliphatic rings. The van der Waals surface area contributed by atoms with Crippen molar-refractivity contribution in [3.8, 4) is 23.7 Å². The fraction of sp³-hybridized carbons (Fsp3) is 0.600. The van der Waals surface area contributed by atoms with Gasteiger partial charge in [0.05, 0.1) is 0 Å². The van der Waals surface area contributed by atoms with E-state index in [4.69, 9.17) is 0 Å². The van der Waals surface area contributed by atoms with Gasteiger partial charge in [0, 0.05) is 10.9 Å². The van der Waals surface area contributed by atoms with Crippen LogP contribution in [0.4, 0.5) is 0 Å². The van der Waals surface area contributed by atoms with Crippen molar-refractivity contribution in [2.24, 2.45) is 0 Å². The Morgan fingerprint density at radius 1 is 0.857 bits per heavy atom. The van der Waals surface area contributed by atoms with Crippen molar-refractivity contribution in [1.82, 2.24) is 0 Å². The van der Waals surface area contributed by atoms with Gasteiger partial charge in [-0.15, -0.1) is 0 Å². The van der Waals surface area contributed by atoms with Gasteiger partial charge in [-0.1, -0.05) is 24.0 Å². The predicted octanol–water partition coefficient (Wildman–Crippen LogP) is 4.63. The number of hydrogen-bond donors (Lipinski definition) is 0. The van der Waals surface area contributed by atoms with E-state index in [0.29, 0.717) is 10.9 Å². The molecule has 1 heteroatoms. The van der Waals surface area contributed by atoms with Crippen molar-refractivity contribution < 1.29 is 0 Å². The third-order valence-corrected chi connectivity index (χ3v) is 5.96. The summed E-state index contributed by atoms with van der Waals surface area (Å²) in [6, 6.07) is 0. The van der Waals surface area contributed by atoms with Crippen LogP contribution < -0.4 is 0 Å². The standard InChI is InChI=1S/C20H27S/c1-2-21(17-9-15-19-11-5-3-6-12-19)18-10-16-20-13-7-4-8-14-20/h11,13H,2-8,12,14,17-18H2,1H3/q+1. The molecule has 0 amide bonds. The number of rotatable bonds is 3. The molecular formula is C20H27S+. The van der Waals surface area contributed by atoms with Gasteiger partial charge >= 0.3 is 0 Å². The SMILES string of the molecule is CC[S+](CC#CC1=CCCCC1)CC#CC1=CCCCC1. The number of allylic oxidation sites excluding steroid dienone is 4. The summed E-state index contributed by atoms with van der Waals surface area (Å²) in [4.78, 5) is 0. The van der Waals surface area contributed by atoms with Crippen LogP contribution in [0.3, 0.4) is 0 Å². The first-order valence-electron chi connectivity index (χ1n) is 8.38. The molecule has 2 aliphatic carbocycles. The van der Waals surface area contributed by atoms with Crippen LogP contribution in [0.2, 0.25) is 0 Å². The van der Waals surface area contributed by atoms with E-state index in [-0.39, 0.29) is 0 Å². The third-order valence-electron chi connectivity index (χ3n) is 4.04. The van der Waals surface area contributed by atoms with E-state index < -0.39 is 0 Å². The highest BCUT2D eigenvalue weighted by Crippen LogP contribution is 2.17. The molecule has 0 aromatic carbocycles. The molecule has 0 N–H and O–H groups in total. The van der Waals surface area contributed by atoms with Crippen LogP contribution in [0.15, 0.2) is 23.3 Å². The molecule has 0 bridgehead atoms. The zero-order chi connectivity index (χ0) is 14.8. The van der Waals surface area contributed by atoms with E-state index in [9.17, 15) is 0 Å². The average molecular weight is 300 g/mol. The minimum Gasteiger partial charge on any atom is -0.0729 e. The monoisotopic (exact) mass is 299 g/mol. The zero-order valence-electron chi connectivity index (χ0n) is 13.3. The van der Waals surface area contributed by atoms with Crippen LogP contribution in [0.5, 0.6) is 0 Å². The first kappa shape index (κ1) is 16.3. The highest BCUT2D eigenvalue weighted by Gasteiger charge is 2.11. The van der Waals surface area contributed by atoms with E-state index >= 15 is 0 Å². The highest BCUT2D eigenvalue weighted by atomic mass is 32.2. The van der Waals surface area contributed by atoms with Crippen molar-refractivity contribution in [1.29, 1.82) is 0 Å². The first-order chi connectivity index (χ1) is 10.4. The second-order valence-corrected chi connectivity index (χ2v) is 8.12. The summed E-state index contributed by atoms with van der Waals surface area (Å²) in [5.41, 5.74) is 2.75. The van der Waals surface area contributed by atoms with Gasteiger partial charge in [0.2, 0.25) is 0 Å². The molecule has 0 heterocycles. The Morgan fingerprint density at radius 3 is 1.76 bits per heavy atom. The fourth-order valence-electron chi connectivity index (χ4n) is 2.66.